The zero-order valence-corrected chi connectivity index (χ0v) is 14.9. The minimum atomic E-state index is -1.12. The molecule has 0 bridgehead atoms. The van der Waals surface area contributed by atoms with Gasteiger partial charge in [-0.2, -0.15) is 0 Å². The molecule has 0 unspecified atom stereocenters. The van der Waals surface area contributed by atoms with Gasteiger partial charge >= 0.3 is 12.1 Å². The van der Waals surface area contributed by atoms with Gasteiger partial charge in [0.25, 0.3) is 0 Å². The molecule has 0 saturated carbocycles. The third kappa shape index (κ3) is 3.27. The highest BCUT2D eigenvalue weighted by molar-refractivity contribution is 6.30. The van der Waals surface area contributed by atoms with Crippen molar-refractivity contribution in [1.82, 2.24) is 9.88 Å². The Morgan fingerprint density at radius 3 is 2.59 bits per heavy atom. The van der Waals surface area contributed by atoms with E-state index in [0.717, 1.165) is 16.5 Å². The number of halogens is 1. The van der Waals surface area contributed by atoms with Crippen LogP contribution in [0.5, 0.6) is 5.75 Å². The van der Waals surface area contributed by atoms with E-state index < -0.39 is 12.1 Å². The molecule has 2 aromatic carbocycles. The van der Waals surface area contributed by atoms with Crippen LogP contribution >= 0.6 is 11.6 Å². The first kappa shape index (κ1) is 17.2. The zero-order chi connectivity index (χ0) is 19.0. The van der Waals surface area contributed by atoms with Crippen molar-refractivity contribution in [3.8, 4) is 5.75 Å². The van der Waals surface area contributed by atoms with Gasteiger partial charge in [-0.25, -0.2) is 9.59 Å². The number of carbonyl (C=O) groups excluding carboxylic acids is 1. The Morgan fingerprint density at radius 2 is 1.85 bits per heavy atom. The van der Waals surface area contributed by atoms with Gasteiger partial charge in [-0.3, -0.25) is 4.90 Å². The lowest BCUT2D eigenvalue weighted by molar-refractivity contribution is -0.130. The molecule has 1 aliphatic rings. The highest BCUT2D eigenvalue weighted by atomic mass is 35.5. The van der Waals surface area contributed by atoms with E-state index in [9.17, 15) is 14.7 Å². The van der Waals surface area contributed by atoms with Gasteiger partial charge in [0.1, 0.15) is 5.75 Å². The van der Waals surface area contributed by atoms with E-state index in [1.54, 1.807) is 24.3 Å². The Morgan fingerprint density at radius 1 is 1.11 bits per heavy atom. The van der Waals surface area contributed by atoms with Crippen molar-refractivity contribution in [2.45, 2.75) is 6.42 Å². The molecule has 0 atom stereocenters. The highest BCUT2D eigenvalue weighted by Gasteiger charge is 2.26. The van der Waals surface area contributed by atoms with E-state index in [4.69, 9.17) is 16.3 Å². The van der Waals surface area contributed by atoms with Crippen molar-refractivity contribution < 1.29 is 19.4 Å². The van der Waals surface area contributed by atoms with Crippen molar-refractivity contribution in [3.05, 3.63) is 71.0 Å². The summed E-state index contributed by atoms with van der Waals surface area (Å²) in [5, 5.41) is 11.2. The first-order chi connectivity index (χ1) is 13.0. The van der Waals surface area contributed by atoms with Crippen LogP contribution in [0, 0.1) is 0 Å². The van der Waals surface area contributed by atoms with Crippen molar-refractivity contribution >= 4 is 40.1 Å². The summed E-state index contributed by atoms with van der Waals surface area (Å²) >= 11 is 5.83. The summed E-state index contributed by atoms with van der Waals surface area (Å²) < 4.78 is 5.34. The molecule has 4 rings (SSSR count). The second kappa shape index (κ2) is 6.81. The van der Waals surface area contributed by atoms with Gasteiger partial charge in [-0.05, 0) is 42.3 Å². The largest absolute Gasteiger partial charge is 0.478 e. The van der Waals surface area contributed by atoms with Gasteiger partial charge in [0.15, 0.2) is 0 Å². The fourth-order valence-electron chi connectivity index (χ4n) is 3.18. The summed E-state index contributed by atoms with van der Waals surface area (Å²) in [6.07, 6.45) is 1.18. The standard InChI is InChI=1S/C20H15ClN2O4/c21-12-5-7-13(8-6-12)27-20(26)23-10-9-15-14-3-1-2-4-17(14)22-18(15)16(11-23)19(24)25/h1-8,11,22H,9-10H2,(H,24,25). The Hall–Kier alpha value is -3.25. The van der Waals surface area contributed by atoms with Gasteiger partial charge < -0.3 is 14.8 Å². The van der Waals surface area contributed by atoms with Crippen molar-refractivity contribution in [2.75, 3.05) is 6.54 Å². The minimum absolute atomic E-state index is 0.0201. The van der Waals surface area contributed by atoms with E-state index >= 15 is 0 Å². The third-order valence-electron chi connectivity index (χ3n) is 4.45. The Balaban J connectivity index is 1.68. The average Bonchev–Trinajstić information content (AvgIpc) is 2.90. The number of nitrogens with zero attached hydrogens (tertiary/aromatic N) is 1. The number of para-hydroxylation sites is 1. The number of carboxylic acid groups (broad SMARTS) is 1. The first-order valence-corrected chi connectivity index (χ1v) is 8.70. The van der Waals surface area contributed by atoms with Gasteiger partial charge in [-0.1, -0.05) is 29.8 Å². The molecule has 6 nitrogen and oxygen atoms in total. The molecule has 27 heavy (non-hydrogen) atoms. The predicted octanol–water partition coefficient (Wildman–Crippen LogP) is 4.30. The van der Waals surface area contributed by atoms with Gasteiger partial charge in [0.2, 0.25) is 0 Å². The molecule has 2 N–H and O–H groups in total. The fourth-order valence-corrected chi connectivity index (χ4v) is 3.30. The second-order valence-corrected chi connectivity index (χ2v) is 6.57. The Kier molecular flexibility index (Phi) is 4.33. The number of H-pyrrole nitrogens is 1. The molecule has 2 heterocycles. The van der Waals surface area contributed by atoms with Crippen LogP contribution in [0.25, 0.3) is 16.5 Å². The number of hydrogen-bond acceptors (Lipinski definition) is 3. The van der Waals surface area contributed by atoms with Crippen LogP contribution in [0.1, 0.15) is 11.3 Å². The summed E-state index contributed by atoms with van der Waals surface area (Å²) in [6.45, 7) is 0.304. The quantitative estimate of drug-likeness (QED) is 0.692. The normalized spacial score (nSPS) is 13.7. The monoisotopic (exact) mass is 382 g/mol. The molecule has 0 spiro atoms. The first-order valence-electron chi connectivity index (χ1n) is 8.32. The molecule has 136 valence electrons. The summed E-state index contributed by atoms with van der Waals surface area (Å²) in [5.74, 6) is -0.781. The van der Waals surface area contributed by atoms with E-state index in [1.807, 2.05) is 24.3 Å². The fraction of sp³-hybridized carbons (Fsp3) is 0.100. The number of benzene rings is 2. The number of nitrogens with one attached hydrogen (secondary N) is 1. The number of amides is 1. The maximum atomic E-state index is 12.5. The Labute approximate surface area is 159 Å². The van der Waals surface area contributed by atoms with Crippen LogP contribution in [0.15, 0.2) is 54.7 Å². The third-order valence-corrected chi connectivity index (χ3v) is 4.71. The molecular weight excluding hydrogens is 368 g/mol. The predicted molar refractivity (Wildman–Crippen MR) is 102 cm³/mol. The van der Waals surface area contributed by atoms with Crippen LogP contribution in [0.2, 0.25) is 5.02 Å². The van der Waals surface area contributed by atoms with Crippen molar-refractivity contribution in [1.29, 1.82) is 0 Å². The minimum Gasteiger partial charge on any atom is -0.478 e. The molecule has 7 heteroatoms. The van der Waals surface area contributed by atoms with E-state index in [-0.39, 0.29) is 5.57 Å². The average molecular weight is 383 g/mol. The van der Waals surface area contributed by atoms with Gasteiger partial charge in [0, 0.05) is 28.7 Å². The number of ether oxygens (including phenoxy) is 1. The molecule has 0 radical (unpaired) electrons. The maximum absolute atomic E-state index is 12.5. The summed E-state index contributed by atoms with van der Waals surface area (Å²) in [7, 11) is 0. The lowest BCUT2D eigenvalue weighted by atomic mass is 10.0. The number of carbonyl (C=O) groups is 2. The second-order valence-electron chi connectivity index (χ2n) is 6.14. The topological polar surface area (TPSA) is 82.6 Å². The number of aromatic amines is 1. The van der Waals surface area contributed by atoms with Crippen LogP contribution in [-0.4, -0.2) is 33.6 Å². The number of rotatable bonds is 2. The van der Waals surface area contributed by atoms with Crippen LogP contribution in [-0.2, 0) is 11.2 Å². The molecule has 3 aromatic rings. The summed E-state index contributed by atoms with van der Waals surface area (Å²) in [5.41, 5.74) is 2.28. The maximum Gasteiger partial charge on any atom is 0.419 e. The smallest absolute Gasteiger partial charge is 0.419 e. The van der Waals surface area contributed by atoms with E-state index in [1.165, 1.54) is 11.1 Å². The lowest BCUT2D eigenvalue weighted by Crippen LogP contribution is -2.30. The van der Waals surface area contributed by atoms with Crippen LogP contribution in [0.3, 0.4) is 0 Å². The summed E-state index contributed by atoms with van der Waals surface area (Å²) in [6, 6.07) is 14.0. The van der Waals surface area contributed by atoms with E-state index in [2.05, 4.69) is 4.98 Å². The zero-order valence-electron chi connectivity index (χ0n) is 14.1. The molecule has 1 aliphatic heterocycles. The van der Waals surface area contributed by atoms with Crippen molar-refractivity contribution in [2.24, 2.45) is 0 Å². The van der Waals surface area contributed by atoms with Crippen LogP contribution < -0.4 is 4.74 Å². The molecule has 0 saturated heterocycles. The van der Waals surface area contributed by atoms with Gasteiger partial charge in [-0.15, -0.1) is 0 Å². The molecule has 1 amide bonds. The number of carboxylic acids is 1. The van der Waals surface area contributed by atoms with Crippen LogP contribution in [0.4, 0.5) is 4.79 Å². The number of aromatic nitrogens is 1. The molecule has 1 aromatic heterocycles. The SMILES string of the molecule is O=C(O)C1=CN(C(=O)Oc2ccc(Cl)cc2)CCc2c1[nH]c1ccccc21. The number of aliphatic carboxylic acids is 1. The number of hydrogen-bond donors (Lipinski definition) is 2. The molecular formula is C20H15ClN2O4. The molecule has 0 aliphatic carbocycles. The van der Waals surface area contributed by atoms with Crippen molar-refractivity contribution in [3.63, 3.8) is 0 Å². The Bertz CT molecular complexity index is 1070. The number of fused-ring (bicyclic) bond motifs is 3. The highest BCUT2D eigenvalue weighted by Crippen LogP contribution is 2.31. The molecule has 0 fully saturated rings. The summed E-state index contributed by atoms with van der Waals surface area (Å²) in [4.78, 5) is 28.8. The van der Waals surface area contributed by atoms with Gasteiger partial charge in [0.05, 0.1) is 11.3 Å². The van der Waals surface area contributed by atoms with E-state index in [0.29, 0.717) is 29.4 Å². The lowest BCUT2D eigenvalue weighted by Gasteiger charge is -2.17.